The molecule has 22 heavy (non-hydrogen) atoms. The van der Waals surface area contributed by atoms with Gasteiger partial charge in [-0.1, -0.05) is 25.8 Å². The molecule has 0 unspecified atom stereocenters. The van der Waals surface area contributed by atoms with Gasteiger partial charge in [-0.3, -0.25) is 4.79 Å². The summed E-state index contributed by atoms with van der Waals surface area (Å²) in [4.78, 5) is 11.2. The molecule has 0 atom stereocenters. The maximum Gasteiger partial charge on any atom is 0.246 e. The molecule has 0 aliphatic carbocycles. The van der Waals surface area contributed by atoms with E-state index in [2.05, 4.69) is 11.9 Å². The maximum absolute atomic E-state index is 11.2. The van der Waals surface area contributed by atoms with Crippen LogP contribution in [0.3, 0.4) is 0 Å². The first-order chi connectivity index (χ1) is 10.4. The summed E-state index contributed by atoms with van der Waals surface area (Å²) in [7, 11) is 0. The van der Waals surface area contributed by atoms with Gasteiger partial charge in [-0.2, -0.15) is 0 Å². The lowest BCUT2D eigenvalue weighted by molar-refractivity contribution is -0.117. The number of rotatable bonds is 9. The van der Waals surface area contributed by atoms with Crippen molar-refractivity contribution in [2.45, 2.75) is 45.4 Å². The van der Waals surface area contributed by atoms with Crippen molar-refractivity contribution in [1.82, 2.24) is 5.32 Å². The highest BCUT2D eigenvalue weighted by molar-refractivity contribution is 5.91. The molecule has 122 valence electrons. The van der Waals surface area contributed by atoms with Gasteiger partial charge in [0.2, 0.25) is 5.91 Å². The van der Waals surface area contributed by atoms with Crippen molar-refractivity contribution in [2.24, 2.45) is 0 Å². The van der Waals surface area contributed by atoms with Crippen molar-refractivity contribution in [3.05, 3.63) is 29.8 Å². The van der Waals surface area contributed by atoms with Crippen LogP contribution in [0.15, 0.2) is 24.3 Å². The van der Waals surface area contributed by atoms with Gasteiger partial charge < -0.3 is 20.6 Å². The Morgan fingerprint density at radius 2 is 1.59 bits per heavy atom. The Bertz CT molecular complexity index is 502. The van der Waals surface area contributed by atoms with Gasteiger partial charge in [-0.15, -0.1) is 0 Å². The molecular weight excluding hydrogens is 282 g/mol. The number of carbonyl (C=O) groups excluding carboxylic acids is 1. The molecule has 0 aliphatic heterocycles. The van der Waals surface area contributed by atoms with Crippen LogP contribution in [0.5, 0.6) is 17.2 Å². The van der Waals surface area contributed by atoms with Crippen LogP contribution in [0, 0.1) is 0 Å². The molecule has 0 fully saturated rings. The van der Waals surface area contributed by atoms with E-state index >= 15 is 0 Å². The van der Waals surface area contributed by atoms with Gasteiger partial charge in [0.25, 0.3) is 0 Å². The summed E-state index contributed by atoms with van der Waals surface area (Å²) in [5.41, 5.74) is 1.34. The van der Waals surface area contributed by atoms with Crippen LogP contribution in [0.1, 0.15) is 44.6 Å². The minimum absolute atomic E-state index is 0.0908. The number of phenolic OH excluding ortho intramolecular Hbond substituents is 3. The Labute approximate surface area is 131 Å². The second kappa shape index (κ2) is 8.97. The Morgan fingerprint density at radius 1 is 1.05 bits per heavy atom. The van der Waals surface area contributed by atoms with E-state index in [4.69, 9.17) is 0 Å². The zero-order valence-electron chi connectivity index (χ0n) is 13.1. The fourth-order valence-corrected chi connectivity index (χ4v) is 2.14. The summed E-state index contributed by atoms with van der Waals surface area (Å²) in [6.45, 7) is 5.94. The lowest BCUT2D eigenvalue weighted by Crippen LogP contribution is -2.24. The van der Waals surface area contributed by atoms with Crippen LogP contribution in [-0.4, -0.2) is 27.8 Å². The van der Waals surface area contributed by atoms with Gasteiger partial charge in [-0.05, 0) is 43.9 Å². The first kappa shape index (κ1) is 17.9. The molecule has 1 aromatic rings. The number of hydrogen-bond acceptors (Lipinski definition) is 4. The molecule has 1 amide bonds. The van der Waals surface area contributed by atoms with E-state index in [9.17, 15) is 20.1 Å². The summed E-state index contributed by atoms with van der Waals surface area (Å²) >= 11 is 0. The SMILES string of the molecule is C=C(C)C(=O)NCCCCCCCc1cc(O)c(O)c(O)c1. The third-order valence-corrected chi connectivity index (χ3v) is 3.44. The monoisotopic (exact) mass is 307 g/mol. The molecule has 0 radical (unpaired) electrons. The standard InChI is InChI=1S/C17H25NO4/c1-12(2)17(22)18-9-7-5-3-4-6-8-13-10-14(19)16(21)15(20)11-13/h10-11,19-21H,1,3-9H2,2H3,(H,18,22). The highest BCUT2D eigenvalue weighted by atomic mass is 16.3. The number of carbonyl (C=O) groups is 1. The largest absolute Gasteiger partial charge is 0.504 e. The molecule has 0 saturated carbocycles. The van der Waals surface area contributed by atoms with Crippen LogP contribution in [0.4, 0.5) is 0 Å². The fraction of sp³-hybridized carbons (Fsp3) is 0.471. The zero-order valence-corrected chi connectivity index (χ0v) is 13.1. The van der Waals surface area contributed by atoms with Crippen LogP contribution >= 0.6 is 0 Å². The molecule has 0 bridgehead atoms. The average molecular weight is 307 g/mol. The van der Waals surface area contributed by atoms with Crippen molar-refractivity contribution in [2.75, 3.05) is 6.54 Å². The quantitative estimate of drug-likeness (QED) is 0.321. The number of hydrogen-bond donors (Lipinski definition) is 4. The molecule has 0 aliphatic rings. The zero-order chi connectivity index (χ0) is 16.5. The predicted molar refractivity (Wildman–Crippen MR) is 86.0 cm³/mol. The molecule has 5 heteroatoms. The van der Waals surface area contributed by atoms with Gasteiger partial charge in [0.1, 0.15) is 0 Å². The third kappa shape index (κ3) is 6.08. The molecule has 4 N–H and O–H groups in total. The molecule has 0 saturated heterocycles. The maximum atomic E-state index is 11.2. The highest BCUT2D eigenvalue weighted by Crippen LogP contribution is 2.35. The first-order valence-electron chi connectivity index (χ1n) is 7.59. The second-order valence-corrected chi connectivity index (χ2v) is 5.54. The minimum atomic E-state index is -0.472. The van der Waals surface area contributed by atoms with E-state index in [-0.39, 0.29) is 17.4 Å². The normalized spacial score (nSPS) is 10.4. The summed E-state index contributed by atoms with van der Waals surface area (Å²) in [5, 5.41) is 30.9. The van der Waals surface area contributed by atoms with Crippen LogP contribution in [-0.2, 0) is 11.2 Å². The average Bonchev–Trinajstić information content (AvgIpc) is 2.46. The molecule has 0 heterocycles. The number of amides is 1. The summed E-state index contributed by atoms with van der Waals surface area (Å²) in [6, 6.07) is 2.95. The van der Waals surface area contributed by atoms with Gasteiger partial charge in [-0.25, -0.2) is 0 Å². The molecule has 1 rings (SSSR count). The van der Waals surface area contributed by atoms with Gasteiger partial charge in [0.15, 0.2) is 17.2 Å². The Hall–Kier alpha value is -2.17. The van der Waals surface area contributed by atoms with E-state index in [0.717, 1.165) is 44.1 Å². The second-order valence-electron chi connectivity index (χ2n) is 5.54. The number of unbranched alkanes of at least 4 members (excludes halogenated alkanes) is 4. The van der Waals surface area contributed by atoms with Crippen molar-refractivity contribution >= 4 is 5.91 Å². The number of aryl methyl sites for hydroxylation is 1. The lowest BCUT2D eigenvalue weighted by atomic mass is 10.0. The molecular formula is C17H25NO4. The van der Waals surface area contributed by atoms with Gasteiger partial charge >= 0.3 is 0 Å². The van der Waals surface area contributed by atoms with E-state index < -0.39 is 5.75 Å². The van der Waals surface area contributed by atoms with E-state index in [1.165, 1.54) is 12.1 Å². The number of benzene rings is 1. The predicted octanol–water partition coefficient (Wildman–Crippen LogP) is 2.99. The molecule has 0 aromatic heterocycles. The van der Waals surface area contributed by atoms with Crippen LogP contribution < -0.4 is 5.32 Å². The van der Waals surface area contributed by atoms with Crippen molar-refractivity contribution in [3.63, 3.8) is 0 Å². The summed E-state index contributed by atoms with van der Waals surface area (Å²) in [5.74, 6) is -1.14. The number of aromatic hydroxyl groups is 3. The van der Waals surface area contributed by atoms with Crippen LogP contribution in [0.25, 0.3) is 0 Å². The van der Waals surface area contributed by atoms with Gasteiger partial charge in [0.05, 0.1) is 0 Å². The minimum Gasteiger partial charge on any atom is -0.504 e. The molecule has 5 nitrogen and oxygen atoms in total. The van der Waals surface area contributed by atoms with Gasteiger partial charge in [0, 0.05) is 12.1 Å². The topological polar surface area (TPSA) is 89.8 Å². The van der Waals surface area contributed by atoms with E-state index in [1.807, 2.05) is 0 Å². The Kier molecular flexibility index (Phi) is 7.29. The van der Waals surface area contributed by atoms with Crippen molar-refractivity contribution < 1.29 is 20.1 Å². The summed E-state index contributed by atoms with van der Waals surface area (Å²) < 4.78 is 0. The number of phenols is 3. The molecule has 1 aromatic carbocycles. The van der Waals surface area contributed by atoms with E-state index in [1.54, 1.807) is 6.92 Å². The summed E-state index contributed by atoms with van der Waals surface area (Å²) in [6.07, 6.45) is 5.79. The van der Waals surface area contributed by atoms with E-state index in [0.29, 0.717) is 12.1 Å². The van der Waals surface area contributed by atoms with Crippen molar-refractivity contribution in [1.29, 1.82) is 0 Å². The lowest BCUT2D eigenvalue weighted by Gasteiger charge is -2.06. The molecule has 0 spiro atoms. The smallest absolute Gasteiger partial charge is 0.246 e. The number of nitrogens with one attached hydrogen (secondary N) is 1. The first-order valence-corrected chi connectivity index (χ1v) is 7.59. The Balaban J connectivity index is 2.11. The van der Waals surface area contributed by atoms with Crippen LogP contribution in [0.2, 0.25) is 0 Å². The van der Waals surface area contributed by atoms with Crippen molar-refractivity contribution in [3.8, 4) is 17.2 Å². The Morgan fingerprint density at radius 3 is 2.18 bits per heavy atom. The fourth-order valence-electron chi connectivity index (χ4n) is 2.14. The highest BCUT2D eigenvalue weighted by Gasteiger charge is 2.07. The third-order valence-electron chi connectivity index (χ3n) is 3.44.